The van der Waals surface area contributed by atoms with Gasteiger partial charge in [0.25, 0.3) is 11.8 Å². The van der Waals surface area contributed by atoms with E-state index in [1.165, 1.54) is 7.11 Å². The van der Waals surface area contributed by atoms with Crippen LogP contribution in [0.1, 0.15) is 60.3 Å². The Balaban J connectivity index is -0.000000879. The zero-order chi connectivity index (χ0) is 24.7. The van der Waals surface area contributed by atoms with E-state index in [0.29, 0.717) is 39.1 Å². The van der Waals surface area contributed by atoms with Gasteiger partial charge in [0.2, 0.25) is 0 Å². The molecule has 184 valence electrons. The van der Waals surface area contributed by atoms with Crippen LogP contribution in [0.2, 0.25) is 0 Å². The number of amides is 2. The van der Waals surface area contributed by atoms with Gasteiger partial charge in [-0.05, 0) is 17.9 Å². The average molecular weight is 462 g/mol. The summed E-state index contributed by atoms with van der Waals surface area (Å²) in [6.07, 6.45) is -1.97. The second-order valence-electron chi connectivity index (χ2n) is 5.30. The number of aliphatic hydroxyl groups is 1. The number of nitrogens with one attached hydrogen (secondary N) is 2. The average Bonchev–Trinajstić information content (AvgIpc) is 3.38. The molecule has 2 amide bonds. The van der Waals surface area contributed by atoms with Crippen LogP contribution >= 0.6 is 11.3 Å². The number of nitrogens with zero attached hydrogens (tertiary/aromatic N) is 1. The minimum atomic E-state index is -1.49. The predicted octanol–water partition coefficient (Wildman–Crippen LogP) is 3.32. The van der Waals surface area contributed by atoms with E-state index in [4.69, 9.17) is 4.74 Å². The van der Waals surface area contributed by atoms with Gasteiger partial charge in [-0.25, -0.2) is 0 Å². The Bertz CT molecular complexity index is 507. The van der Waals surface area contributed by atoms with E-state index in [2.05, 4.69) is 10.6 Å². The van der Waals surface area contributed by atoms with Crippen LogP contribution in [0.25, 0.3) is 0 Å². The molecule has 0 aromatic carbocycles. The highest BCUT2D eigenvalue weighted by molar-refractivity contribution is 7.09. The summed E-state index contributed by atoms with van der Waals surface area (Å²) in [6.45, 7) is 18.8. The lowest BCUT2D eigenvalue weighted by molar-refractivity contribution is -0.155. The van der Waals surface area contributed by atoms with Crippen molar-refractivity contribution in [1.82, 2.24) is 15.5 Å². The number of hydrogen-bond donors (Lipinski definition) is 3. The summed E-state index contributed by atoms with van der Waals surface area (Å²) in [5.74, 6) is -0.938. The molecular formula is C23H47N3O4S. The van der Waals surface area contributed by atoms with E-state index in [0.717, 1.165) is 4.88 Å². The van der Waals surface area contributed by atoms with Crippen molar-refractivity contribution in [2.75, 3.05) is 39.8 Å². The molecule has 0 bridgehead atoms. The van der Waals surface area contributed by atoms with Gasteiger partial charge in [-0.1, -0.05) is 61.5 Å². The molecule has 2 rings (SSSR count). The number of thiophene rings is 1. The molecule has 2 heterocycles. The van der Waals surface area contributed by atoms with Crippen LogP contribution in [0.4, 0.5) is 0 Å². The third-order valence-corrected chi connectivity index (χ3v) is 4.67. The molecule has 1 fully saturated rings. The van der Waals surface area contributed by atoms with Crippen LogP contribution in [0.5, 0.6) is 0 Å². The Labute approximate surface area is 194 Å². The highest BCUT2D eigenvalue weighted by atomic mass is 32.1. The molecule has 2 atom stereocenters. The van der Waals surface area contributed by atoms with Crippen LogP contribution in [0.3, 0.4) is 0 Å². The summed E-state index contributed by atoms with van der Waals surface area (Å²) in [5.41, 5.74) is 0. The number of rotatable bonds is 7. The van der Waals surface area contributed by atoms with Gasteiger partial charge in [0.1, 0.15) is 0 Å². The summed E-state index contributed by atoms with van der Waals surface area (Å²) in [6, 6.07) is 3.95. The fourth-order valence-corrected chi connectivity index (χ4v) is 3.15. The first-order valence-corrected chi connectivity index (χ1v) is 12.5. The summed E-state index contributed by atoms with van der Waals surface area (Å²) in [5, 5.41) is 18.0. The smallest absolute Gasteiger partial charge is 0.254 e. The maximum Gasteiger partial charge on any atom is 0.254 e. The number of methoxy groups -OCH3 is 1. The molecule has 1 aromatic rings. The number of carbonyl (C=O) groups excluding carboxylic acids is 2. The van der Waals surface area contributed by atoms with Crippen molar-refractivity contribution >= 4 is 23.2 Å². The van der Waals surface area contributed by atoms with E-state index in [9.17, 15) is 14.7 Å². The van der Waals surface area contributed by atoms with Gasteiger partial charge < -0.3 is 25.4 Å². The molecule has 31 heavy (non-hydrogen) atoms. The molecule has 7 nitrogen and oxygen atoms in total. The highest BCUT2D eigenvalue weighted by Gasteiger charge is 2.35. The minimum absolute atomic E-state index is 0.438. The molecule has 0 aliphatic carbocycles. The first kappa shape index (κ1) is 34.1. The topological polar surface area (TPSA) is 90.9 Å². The molecule has 3 N–H and O–H groups in total. The van der Waals surface area contributed by atoms with Gasteiger partial charge in [0.05, 0.1) is 0 Å². The number of aliphatic hydroxyl groups excluding tert-OH is 1. The Morgan fingerprint density at radius 2 is 1.68 bits per heavy atom. The predicted molar refractivity (Wildman–Crippen MR) is 133 cm³/mol. The van der Waals surface area contributed by atoms with Gasteiger partial charge in [-0.15, -0.1) is 11.3 Å². The van der Waals surface area contributed by atoms with Gasteiger partial charge in [0, 0.05) is 44.7 Å². The van der Waals surface area contributed by atoms with E-state index in [1.54, 1.807) is 16.2 Å². The second kappa shape index (κ2) is 24.8. The first-order chi connectivity index (χ1) is 15.1. The summed E-state index contributed by atoms with van der Waals surface area (Å²) in [4.78, 5) is 27.1. The Kier molecular flexibility index (Phi) is 27.3. The number of ether oxygens (including phenoxy) is 1. The Morgan fingerprint density at radius 1 is 1.13 bits per heavy atom. The lowest BCUT2D eigenvalue weighted by atomic mass is 10.1. The van der Waals surface area contributed by atoms with E-state index in [1.807, 2.05) is 72.9 Å². The zero-order valence-electron chi connectivity index (χ0n) is 21.2. The first-order valence-electron chi connectivity index (χ1n) is 11.6. The van der Waals surface area contributed by atoms with Crippen molar-refractivity contribution in [3.63, 3.8) is 0 Å². The van der Waals surface area contributed by atoms with Crippen LogP contribution in [0.15, 0.2) is 17.5 Å². The molecule has 1 aromatic heterocycles. The van der Waals surface area contributed by atoms with Crippen molar-refractivity contribution in [2.24, 2.45) is 0 Å². The van der Waals surface area contributed by atoms with E-state index >= 15 is 0 Å². The van der Waals surface area contributed by atoms with Crippen molar-refractivity contribution in [2.45, 2.75) is 74.0 Å². The third-order valence-electron chi connectivity index (χ3n) is 3.73. The summed E-state index contributed by atoms with van der Waals surface area (Å²) in [7, 11) is 1.32. The van der Waals surface area contributed by atoms with Gasteiger partial charge in [0.15, 0.2) is 12.2 Å². The fourth-order valence-electron chi connectivity index (χ4n) is 2.45. The normalized spacial score (nSPS) is 13.8. The molecule has 0 radical (unpaired) electrons. The van der Waals surface area contributed by atoms with E-state index < -0.39 is 24.0 Å². The lowest BCUT2D eigenvalue weighted by Crippen LogP contribution is -2.55. The fraction of sp³-hybridized carbons (Fsp3) is 0.739. The van der Waals surface area contributed by atoms with Crippen molar-refractivity contribution in [3.05, 3.63) is 22.4 Å². The second-order valence-corrected chi connectivity index (χ2v) is 6.33. The van der Waals surface area contributed by atoms with Gasteiger partial charge in [-0.3, -0.25) is 9.59 Å². The maximum atomic E-state index is 12.3. The monoisotopic (exact) mass is 461 g/mol. The molecule has 1 aliphatic rings. The third kappa shape index (κ3) is 14.2. The SMILES string of the molecule is CC.CC.CC.CC.COC(C(=O)NCCc1cccs1)[C@@H](O)C(=O)N1CCNCC1. The molecule has 0 spiro atoms. The van der Waals surface area contributed by atoms with Crippen LogP contribution in [-0.2, 0) is 20.7 Å². The van der Waals surface area contributed by atoms with Gasteiger partial charge in [-0.2, -0.15) is 0 Å². The Morgan fingerprint density at radius 3 is 2.13 bits per heavy atom. The summed E-state index contributed by atoms with van der Waals surface area (Å²) >= 11 is 1.62. The number of hydrogen-bond acceptors (Lipinski definition) is 6. The maximum absolute atomic E-state index is 12.3. The quantitative estimate of drug-likeness (QED) is 0.579. The lowest BCUT2D eigenvalue weighted by Gasteiger charge is -2.31. The van der Waals surface area contributed by atoms with E-state index in [-0.39, 0.29) is 0 Å². The van der Waals surface area contributed by atoms with Crippen LogP contribution in [-0.4, -0.2) is 73.9 Å². The highest BCUT2D eigenvalue weighted by Crippen LogP contribution is 2.09. The molecule has 1 unspecified atom stereocenters. The Hall–Kier alpha value is -1.48. The van der Waals surface area contributed by atoms with Crippen molar-refractivity contribution in [1.29, 1.82) is 0 Å². The standard InChI is InChI=1S/C15H23N3O4S.4C2H6/c1-22-13(12(19)15(21)18-8-6-16-7-9-18)14(20)17-5-4-11-3-2-10-23-11;4*1-2/h2-3,10,12-13,16,19H,4-9H2,1H3,(H,17,20);4*1-2H3/t12-,13?;;;;/m1..../s1. The number of carbonyl (C=O) groups is 2. The van der Waals surface area contributed by atoms with Crippen molar-refractivity contribution < 1.29 is 19.4 Å². The van der Waals surface area contributed by atoms with Crippen LogP contribution < -0.4 is 10.6 Å². The van der Waals surface area contributed by atoms with Gasteiger partial charge >= 0.3 is 0 Å². The molecule has 1 saturated heterocycles. The summed E-state index contributed by atoms with van der Waals surface area (Å²) < 4.78 is 5.05. The van der Waals surface area contributed by atoms with Crippen molar-refractivity contribution in [3.8, 4) is 0 Å². The molecule has 8 heteroatoms. The largest absolute Gasteiger partial charge is 0.380 e. The van der Waals surface area contributed by atoms with Crippen LogP contribution in [0, 0.1) is 0 Å². The molecule has 1 aliphatic heterocycles. The minimum Gasteiger partial charge on any atom is -0.380 e. The zero-order valence-corrected chi connectivity index (χ0v) is 22.0. The molecule has 0 saturated carbocycles. The number of piperazine rings is 1. The molecular weight excluding hydrogens is 414 g/mol.